The van der Waals surface area contributed by atoms with Crippen molar-refractivity contribution in [1.29, 1.82) is 0 Å². The highest BCUT2D eigenvalue weighted by Crippen LogP contribution is 2.52. The van der Waals surface area contributed by atoms with Crippen molar-refractivity contribution in [3.8, 4) is 0 Å². The van der Waals surface area contributed by atoms with Crippen molar-refractivity contribution in [3.05, 3.63) is 58.1 Å². The van der Waals surface area contributed by atoms with Gasteiger partial charge in [-0.05, 0) is 60.3 Å². The van der Waals surface area contributed by atoms with Gasteiger partial charge in [-0.2, -0.15) is 4.98 Å². The second-order valence-corrected chi connectivity index (χ2v) is 11.3. The highest BCUT2D eigenvalue weighted by molar-refractivity contribution is 7.49. The third-order valence-corrected chi connectivity index (χ3v) is 8.41. The number of ether oxygens (including phenoxy) is 2. The largest absolute Gasteiger partial charge is 0.368 e. The molecule has 2 aromatic rings. The van der Waals surface area contributed by atoms with E-state index in [1.54, 1.807) is 37.4 Å². The smallest absolute Gasteiger partial charge is 0.351 e. The highest BCUT2D eigenvalue weighted by Gasteiger charge is 2.61. The van der Waals surface area contributed by atoms with Gasteiger partial charge in [0, 0.05) is 30.8 Å². The van der Waals surface area contributed by atoms with E-state index in [4.69, 9.17) is 15.4 Å². The fourth-order valence-corrected chi connectivity index (χ4v) is 6.88. The van der Waals surface area contributed by atoms with Crippen LogP contribution in [0.25, 0.3) is 0 Å². The van der Waals surface area contributed by atoms with Crippen molar-refractivity contribution in [1.82, 2.24) is 14.2 Å². The predicted molar refractivity (Wildman–Crippen MR) is 136 cm³/mol. The molecule has 2 saturated heterocycles. The number of aryl methyl sites for hydroxylation is 1. The molecule has 1 amide bonds. The minimum absolute atomic E-state index is 0.0520. The summed E-state index contributed by atoms with van der Waals surface area (Å²) in [5.74, 6) is -0.153. The topological polar surface area (TPSA) is 94.9 Å². The summed E-state index contributed by atoms with van der Waals surface area (Å²) in [6.45, 7) is 12.5. The summed E-state index contributed by atoms with van der Waals surface area (Å²) in [5.41, 5.74) is -0.461. The van der Waals surface area contributed by atoms with Crippen LogP contribution in [0, 0.1) is 6.92 Å². The lowest BCUT2D eigenvalue weighted by atomic mass is 10.0. The van der Waals surface area contributed by atoms with Gasteiger partial charge in [-0.25, -0.2) is 4.79 Å². The third-order valence-electron chi connectivity index (χ3n) is 6.30. The van der Waals surface area contributed by atoms with Crippen molar-refractivity contribution < 1.29 is 20.2 Å². The van der Waals surface area contributed by atoms with Crippen LogP contribution in [-0.4, -0.2) is 63.3 Å². The van der Waals surface area contributed by atoms with E-state index >= 15 is 0 Å². The minimum Gasteiger partial charge on any atom is -0.368 e. The monoisotopic (exact) mass is 503 g/mol. The van der Waals surface area contributed by atoms with E-state index < -0.39 is 38.0 Å². The molecule has 190 valence electrons. The second-order valence-electron chi connectivity index (χ2n) is 9.69. The predicted octanol–water partition coefficient (Wildman–Crippen LogP) is 3.94. The summed E-state index contributed by atoms with van der Waals surface area (Å²) in [7, 11) is -0.984. The number of anilines is 1. The zero-order valence-corrected chi connectivity index (χ0v) is 22.0. The SMILES string of the molecule is [2H]C[C@]12CO[C@@H](C1OP(C)N(C(C)C)C(C)C)[C@H](n1cc(C)c(NC(=O)c3ccccc3)nc1=O)O2. The number of hydrogen-bond donors (Lipinski definition) is 1. The maximum Gasteiger partial charge on any atom is 0.351 e. The van der Waals surface area contributed by atoms with Crippen LogP contribution in [0.2, 0.25) is 0 Å². The lowest BCUT2D eigenvalue weighted by Gasteiger charge is -2.37. The molecular formula is C25H35N4O5P. The van der Waals surface area contributed by atoms with Crippen LogP contribution in [0.5, 0.6) is 0 Å². The molecule has 0 spiro atoms. The summed E-state index contributed by atoms with van der Waals surface area (Å²) >= 11 is 0. The Hall–Kier alpha value is -2.16. The van der Waals surface area contributed by atoms with Crippen molar-refractivity contribution in [2.45, 2.75) is 77.6 Å². The Labute approximate surface area is 209 Å². The Morgan fingerprint density at radius 1 is 1.31 bits per heavy atom. The van der Waals surface area contributed by atoms with Crippen molar-refractivity contribution in [3.63, 3.8) is 0 Å². The van der Waals surface area contributed by atoms with Crippen LogP contribution < -0.4 is 11.0 Å². The van der Waals surface area contributed by atoms with Crippen LogP contribution in [0.3, 0.4) is 0 Å². The molecule has 5 atom stereocenters. The maximum atomic E-state index is 13.1. The maximum absolute atomic E-state index is 13.1. The van der Waals surface area contributed by atoms with Gasteiger partial charge in [-0.3, -0.25) is 14.0 Å². The van der Waals surface area contributed by atoms with Gasteiger partial charge >= 0.3 is 5.69 Å². The summed E-state index contributed by atoms with van der Waals surface area (Å²) < 4.78 is 30.8. The molecule has 9 nitrogen and oxygen atoms in total. The molecular weight excluding hydrogens is 467 g/mol. The van der Waals surface area contributed by atoms with E-state index in [1.807, 2.05) is 6.07 Å². The first-order valence-electron chi connectivity index (χ1n) is 12.5. The Morgan fingerprint density at radius 2 is 2.00 bits per heavy atom. The number of hydrogen-bond acceptors (Lipinski definition) is 7. The molecule has 1 aromatic carbocycles. The quantitative estimate of drug-likeness (QED) is 0.546. The molecule has 2 fully saturated rings. The Balaban J connectivity index is 1.57. The van der Waals surface area contributed by atoms with Crippen LogP contribution in [0.4, 0.5) is 5.82 Å². The van der Waals surface area contributed by atoms with Gasteiger partial charge in [0.1, 0.15) is 31.9 Å². The average molecular weight is 504 g/mol. The molecule has 3 heterocycles. The average Bonchev–Trinajstić information content (AvgIpc) is 3.33. The first kappa shape index (κ1) is 24.5. The molecule has 10 heteroatoms. The van der Waals surface area contributed by atoms with Gasteiger partial charge in [0.15, 0.2) is 6.23 Å². The highest BCUT2D eigenvalue weighted by atomic mass is 31.2. The zero-order chi connectivity index (χ0) is 26.2. The Bertz CT molecular complexity index is 1140. The number of nitrogens with zero attached hydrogens (tertiary/aromatic N) is 3. The number of benzene rings is 1. The Morgan fingerprint density at radius 3 is 2.63 bits per heavy atom. The molecule has 0 aliphatic carbocycles. The Kier molecular flexibility index (Phi) is 7.06. The molecule has 0 saturated carbocycles. The lowest BCUT2D eigenvalue weighted by Crippen LogP contribution is -2.40. The molecule has 35 heavy (non-hydrogen) atoms. The lowest BCUT2D eigenvalue weighted by molar-refractivity contribution is -0.167. The van der Waals surface area contributed by atoms with E-state index in [0.717, 1.165) is 0 Å². The first-order valence-corrected chi connectivity index (χ1v) is 13.5. The van der Waals surface area contributed by atoms with E-state index in [9.17, 15) is 9.59 Å². The van der Waals surface area contributed by atoms with E-state index in [-0.39, 0.29) is 37.3 Å². The van der Waals surface area contributed by atoms with Gasteiger partial charge in [0.05, 0.1) is 6.61 Å². The zero-order valence-electron chi connectivity index (χ0n) is 22.1. The molecule has 0 radical (unpaired) electrons. The standard InChI is InChI=1S/C25H35N4O5P/c1-15(2)29(16(3)4)35(7)34-20-19-23(33-25(20,6)14-32-19)28-13-17(5)21(27-24(28)31)26-22(30)18-11-9-8-10-12-18/h8-13,15-16,19-20,23H,14H2,1-7H3,(H,26,27,30,31)/t19-,20?,23+,25-,35?/m0/s1/i6D. The van der Waals surface area contributed by atoms with Gasteiger partial charge in [-0.1, -0.05) is 18.2 Å². The summed E-state index contributed by atoms with van der Waals surface area (Å²) in [5, 5.41) is 2.71. The number of aromatic nitrogens is 2. The van der Waals surface area contributed by atoms with Crippen molar-refractivity contribution in [2.75, 3.05) is 18.6 Å². The molecule has 2 aliphatic rings. The van der Waals surface area contributed by atoms with Crippen LogP contribution in [0.15, 0.2) is 41.3 Å². The minimum atomic E-state index is -0.984. The van der Waals surface area contributed by atoms with Gasteiger partial charge < -0.3 is 19.3 Å². The summed E-state index contributed by atoms with van der Waals surface area (Å²) in [6, 6.07) is 9.32. The van der Waals surface area contributed by atoms with Crippen LogP contribution in [0.1, 0.15) is 58.1 Å². The van der Waals surface area contributed by atoms with Crippen LogP contribution in [-0.2, 0) is 14.0 Å². The van der Waals surface area contributed by atoms with Crippen LogP contribution >= 0.6 is 8.30 Å². The molecule has 1 N–H and O–H groups in total. The van der Waals surface area contributed by atoms with Gasteiger partial charge in [0.25, 0.3) is 5.91 Å². The fourth-order valence-electron chi connectivity index (χ4n) is 4.83. The van der Waals surface area contributed by atoms with Crippen molar-refractivity contribution >= 4 is 20.0 Å². The number of rotatable bonds is 8. The van der Waals surface area contributed by atoms with Gasteiger partial charge in [0.2, 0.25) is 0 Å². The van der Waals surface area contributed by atoms with E-state index in [0.29, 0.717) is 11.1 Å². The van der Waals surface area contributed by atoms with Crippen molar-refractivity contribution in [2.24, 2.45) is 0 Å². The summed E-state index contributed by atoms with van der Waals surface area (Å²) in [4.78, 5) is 29.7. The molecule has 2 aliphatic heterocycles. The van der Waals surface area contributed by atoms with E-state index in [2.05, 4.69) is 49.3 Å². The molecule has 2 unspecified atom stereocenters. The normalized spacial score (nSPS) is 27.0. The third kappa shape index (κ3) is 5.06. The number of nitrogens with one attached hydrogen (secondary N) is 1. The second kappa shape index (κ2) is 10.1. The summed E-state index contributed by atoms with van der Waals surface area (Å²) in [6.07, 6.45) is -0.199. The molecule has 2 bridgehead atoms. The molecule has 4 rings (SSSR count). The molecule has 1 aromatic heterocycles. The van der Waals surface area contributed by atoms with E-state index in [1.165, 1.54) is 4.57 Å². The first-order chi connectivity index (χ1) is 17.1. The number of carbonyl (C=O) groups excluding carboxylic acids is 1. The number of fused-ring (bicyclic) bond motifs is 2. The number of carbonyl (C=O) groups is 1. The fraction of sp³-hybridized carbons (Fsp3) is 0.560. The number of amides is 1. The van der Waals surface area contributed by atoms with Gasteiger partial charge in [-0.15, -0.1) is 0 Å².